The summed E-state index contributed by atoms with van der Waals surface area (Å²) in [5.74, 6) is -14.3. The van der Waals surface area contributed by atoms with Gasteiger partial charge in [0, 0.05) is 5.75 Å². The minimum absolute atomic E-state index is 0.0208. The molecule has 0 aromatic heterocycles. The van der Waals surface area contributed by atoms with Crippen LogP contribution < -0.4 is 103 Å². The number of rotatable bonds is 35. The van der Waals surface area contributed by atoms with Gasteiger partial charge in [-0.05, 0) is 107 Å². The first kappa shape index (κ1) is 148. The van der Waals surface area contributed by atoms with Crippen molar-refractivity contribution in [1.82, 2.24) is 0 Å². The summed E-state index contributed by atoms with van der Waals surface area (Å²) in [6.07, 6.45) is 5.43. The van der Waals surface area contributed by atoms with E-state index in [9.17, 15) is 76.7 Å². The van der Waals surface area contributed by atoms with Gasteiger partial charge in [-0.25, -0.2) is 0 Å². The summed E-state index contributed by atoms with van der Waals surface area (Å²) in [6, 6.07) is -9.78. The zero-order valence-corrected chi connectivity index (χ0v) is 72.0. The van der Waals surface area contributed by atoms with Crippen molar-refractivity contribution in [1.29, 1.82) is 0 Å². The molecule has 119 heavy (non-hydrogen) atoms. The predicted octanol–water partition coefficient (Wildman–Crippen LogP) is -6.14. The number of aliphatic hydroxyl groups is 1. The number of carboxylic acid groups (broad SMARTS) is 16. The van der Waals surface area contributed by atoms with Crippen LogP contribution in [-0.2, 0) is 76.7 Å². The molecule has 0 heterocycles. The van der Waals surface area contributed by atoms with Crippen LogP contribution >= 0.6 is 12.6 Å². The van der Waals surface area contributed by atoms with Gasteiger partial charge in [0.25, 0.3) is 0 Å². The van der Waals surface area contributed by atoms with Gasteiger partial charge >= 0.3 is 95.5 Å². The predicted molar refractivity (Wildman–Crippen MR) is 444 cm³/mol. The molecule has 13 atom stereocenters. The van der Waals surface area contributed by atoms with Crippen LogP contribution in [-0.4, -0.2) is 306 Å². The van der Waals surface area contributed by atoms with Gasteiger partial charge in [0.2, 0.25) is 0 Å². The van der Waals surface area contributed by atoms with Crippen LogP contribution in [0.5, 0.6) is 0 Å². The number of carboxylic acids is 16. The maximum Gasteiger partial charge on any atom is 0.322 e. The van der Waals surface area contributed by atoms with Crippen LogP contribution in [0.4, 0.5) is 0 Å². The van der Waals surface area contributed by atoms with E-state index in [1.807, 2.05) is 27.7 Å². The van der Waals surface area contributed by atoms with Crippen LogP contribution in [0.25, 0.3) is 0 Å². The number of nitrogens with two attached hydrogens (primary N) is 18. The van der Waals surface area contributed by atoms with Crippen LogP contribution in [0.3, 0.4) is 0 Å². The normalized spacial score (nSPS) is 12.9. The van der Waals surface area contributed by atoms with Crippen LogP contribution in [0.15, 0.2) is 0 Å². The smallest absolute Gasteiger partial charge is 0.322 e. The van der Waals surface area contributed by atoms with Gasteiger partial charge in [0.15, 0.2) is 0 Å². The van der Waals surface area contributed by atoms with Crippen molar-refractivity contribution in [2.45, 2.75) is 241 Å². The van der Waals surface area contributed by atoms with Crippen molar-refractivity contribution >= 4 is 108 Å². The van der Waals surface area contributed by atoms with Crippen molar-refractivity contribution in [3.63, 3.8) is 0 Å². The molecule has 51 nitrogen and oxygen atoms in total. The highest BCUT2D eigenvalue weighted by atomic mass is 32.1. The standard InChI is InChI=1S/2C6H14N2O2.2C6H13NO2.5C5H11NO2.C3H7NO3.C3H7NO2S.2C3H7NO2.3C2H5NO2/c2*7-4-2-1-3-5(8)6(9)10;2*1-4(2)3-5(7)6(8)9;5*1-3(2)4(6)5(7)8;4-2(1-5)3(6)7;4-2(1-7)3(5)6;2*1-2(4)3(5)6;3*3-1-2(4)5/h2*5H,1-4,7-8H2,(H,9,10);2*4-5H,3,7H2,1-2H3,(H,8,9);5*3-4H,6H2,1-2H3,(H,7,8);2,5H,1,4H2,(H,6,7);2,7H,1,4H2,(H,5,6);2*2H,4H2,1H3,(H,5,6);3*1,3H2,(H,4,5)/t4*5-;5*4-;4*2-;;;/m0000000000000.../s1. The average molecular weight is 1770 g/mol. The van der Waals surface area contributed by atoms with E-state index in [4.69, 9.17) is 173 Å². The molecule has 0 aromatic rings. The van der Waals surface area contributed by atoms with E-state index >= 15 is 0 Å². The average Bonchev–Trinajstić information content (AvgIpc) is 0.981. The number of unbranched alkanes of at least 4 members (excludes halogenated alkanes) is 2. The molecule has 0 saturated heterocycles. The maximum atomic E-state index is 10.1. The van der Waals surface area contributed by atoms with Gasteiger partial charge in [-0.3, -0.25) is 76.7 Å². The van der Waals surface area contributed by atoms with Crippen LogP contribution in [0, 0.1) is 41.4 Å². The first-order valence-electron chi connectivity index (χ1n) is 35.8. The molecule has 0 radical (unpaired) electrons. The highest BCUT2D eigenvalue weighted by Gasteiger charge is 2.19. The molecule has 53 N–H and O–H groups in total. The summed E-state index contributed by atoms with van der Waals surface area (Å²) in [4.78, 5) is 157. The largest absolute Gasteiger partial charge is 0.480 e. The lowest BCUT2D eigenvalue weighted by Crippen LogP contribution is -2.34. The Balaban J connectivity index is -0.0000000682. The third kappa shape index (κ3) is 151. The summed E-state index contributed by atoms with van der Waals surface area (Å²) in [6.45, 7) is 28.3. The number of hydrogen-bond donors (Lipinski definition) is 36. The van der Waals surface area contributed by atoms with E-state index in [-0.39, 0.29) is 55.0 Å². The molecule has 0 aliphatic rings. The topological polar surface area (TPSA) is 1090 Å². The Bertz CT molecular complexity index is 2360. The third-order valence-corrected chi connectivity index (χ3v) is 12.4. The molecule has 0 fully saturated rings. The first-order valence-corrected chi connectivity index (χ1v) is 36.5. The minimum atomic E-state index is -1.18. The number of hydrogen-bond acceptors (Lipinski definition) is 36. The SMILES string of the molecule is CC(C)C[C@H](N)C(=O)O.CC(C)C[C@H](N)C(=O)O.CC(C)[C@H](N)C(=O)O.CC(C)[C@H](N)C(=O)O.CC(C)[C@H](N)C(=O)O.CC(C)[C@H](N)C(=O)O.CC(C)[C@H](N)C(=O)O.C[C@H](N)C(=O)O.C[C@H](N)C(=O)O.NCC(=O)O.NCC(=O)O.NCC(=O)O.NCCCC[C@H](N)C(=O)O.NCCCC[C@H](N)C(=O)O.N[C@@H](CO)C(=O)O.N[C@@H](CS)C(=O)O. The molecule has 714 valence electrons. The molecule has 0 aliphatic carbocycles. The molecule has 0 aromatic carbocycles. The fourth-order valence-electron chi connectivity index (χ4n) is 4.06. The lowest BCUT2D eigenvalue weighted by atomic mass is 10.1. The summed E-state index contributed by atoms with van der Waals surface area (Å²) in [5, 5.41) is 137. The van der Waals surface area contributed by atoms with Crippen molar-refractivity contribution in [3.8, 4) is 0 Å². The Morgan fingerprint density at radius 1 is 0.244 bits per heavy atom. The Morgan fingerprint density at radius 3 is 0.437 bits per heavy atom. The second kappa shape index (κ2) is 97.9. The summed E-state index contributed by atoms with van der Waals surface area (Å²) >= 11 is 3.65. The fourth-order valence-corrected chi connectivity index (χ4v) is 4.22. The molecule has 0 amide bonds. The molecule has 0 unspecified atom stereocenters. The highest BCUT2D eigenvalue weighted by Crippen LogP contribution is 2.04. The van der Waals surface area contributed by atoms with Crippen LogP contribution in [0.2, 0.25) is 0 Å². The first-order chi connectivity index (χ1) is 53.7. The van der Waals surface area contributed by atoms with Crippen molar-refractivity contribution < 1.29 is 164 Å². The molecule has 0 spiro atoms. The number of thiol groups is 1. The number of aliphatic carboxylic acids is 16. The summed E-state index contributed by atoms with van der Waals surface area (Å²) in [7, 11) is 0. The minimum Gasteiger partial charge on any atom is -0.480 e. The monoisotopic (exact) mass is 1770 g/mol. The molecule has 0 bridgehead atoms. The van der Waals surface area contributed by atoms with Crippen molar-refractivity contribution in [3.05, 3.63) is 0 Å². The number of carbonyl (C=O) groups is 16. The van der Waals surface area contributed by atoms with E-state index in [1.165, 1.54) is 13.8 Å². The molecule has 52 heteroatoms. The molecule has 0 aliphatic heterocycles. The van der Waals surface area contributed by atoms with Gasteiger partial charge < -0.3 is 190 Å². The van der Waals surface area contributed by atoms with Gasteiger partial charge in [-0.1, -0.05) is 110 Å². The highest BCUT2D eigenvalue weighted by molar-refractivity contribution is 7.80. The van der Waals surface area contributed by atoms with E-state index < -0.39 is 181 Å². The molecular weight excluding hydrogens is 1620 g/mol. The van der Waals surface area contributed by atoms with Crippen molar-refractivity contribution in [2.24, 2.45) is 145 Å². The fraction of sp³-hybridized carbons (Fsp3) is 0.761. The van der Waals surface area contributed by atoms with E-state index in [2.05, 4.69) is 29.8 Å². The van der Waals surface area contributed by atoms with Crippen molar-refractivity contribution in [2.75, 3.05) is 45.1 Å². The van der Waals surface area contributed by atoms with Gasteiger partial charge in [-0.15, -0.1) is 0 Å². The van der Waals surface area contributed by atoms with E-state index in [1.54, 1.807) is 69.2 Å². The second-order valence-electron chi connectivity index (χ2n) is 26.4. The lowest BCUT2D eigenvalue weighted by Gasteiger charge is -2.07. The quantitative estimate of drug-likeness (QED) is 0.0207. The summed E-state index contributed by atoms with van der Waals surface area (Å²) in [5.41, 5.74) is 90.2. The number of aliphatic hydroxyl groups excluding tert-OH is 1. The molecular formula is C67H152N18O33S. The van der Waals surface area contributed by atoms with E-state index in [0.717, 1.165) is 25.7 Å². The van der Waals surface area contributed by atoms with Gasteiger partial charge in [0.05, 0.1) is 26.2 Å². The Hall–Kier alpha value is -8.89. The molecule has 0 saturated carbocycles. The summed E-state index contributed by atoms with van der Waals surface area (Å²) < 4.78 is 0. The second-order valence-corrected chi connectivity index (χ2v) is 26.8. The zero-order chi connectivity index (χ0) is 99.4. The Kier molecular flexibility index (Phi) is 122. The Labute approximate surface area is 699 Å². The van der Waals surface area contributed by atoms with E-state index in [0.29, 0.717) is 50.6 Å². The van der Waals surface area contributed by atoms with Gasteiger partial charge in [-0.2, -0.15) is 12.6 Å². The third-order valence-electron chi connectivity index (χ3n) is 12.0. The van der Waals surface area contributed by atoms with Crippen LogP contribution in [0.1, 0.15) is 162 Å². The lowest BCUT2D eigenvalue weighted by molar-refractivity contribution is -0.140. The maximum absolute atomic E-state index is 10.1. The Morgan fingerprint density at radius 2 is 0.395 bits per heavy atom. The van der Waals surface area contributed by atoms with Gasteiger partial charge in [0.1, 0.15) is 78.5 Å². The molecule has 0 rings (SSSR count). The zero-order valence-electron chi connectivity index (χ0n) is 71.1.